The van der Waals surface area contributed by atoms with Gasteiger partial charge in [-0.15, -0.1) is 11.3 Å². The Morgan fingerprint density at radius 1 is 1.27 bits per heavy atom. The van der Waals surface area contributed by atoms with Gasteiger partial charge in [-0.05, 0) is 17.9 Å². The lowest BCUT2D eigenvalue weighted by Crippen LogP contribution is -2.46. The van der Waals surface area contributed by atoms with Gasteiger partial charge in [-0.2, -0.15) is 0 Å². The average molecular weight is 313 g/mol. The number of nitrogens with zero attached hydrogens (tertiary/aromatic N) is 5. The van der Waals surface area contributed by atoms with E-state index in [2.05, 4.69) is 31.4 Å². The molecule has 2 saturated heterocycles. The molecule has 112 valence electrons. The van der Waals surface area contributed by atoms with Crippen LogP contribution in [0.5, 0.6) is 0 Å². The molecule has 0 amide bonds. The molecular weight excluding hydrogens is 298 g/mol. The molecule has 0 aromatic carbocycles. The number of thiophene rings is 1. The normalized spacial score (nSPS) is 24.6. The highest BCUT2D eigenvalue weighted by atomic mass is 32.1. The maximum atomic E-state index is 4.92. The highest BCUT2D eigenvalue weighted by Gasteiger charge is 2.44. The molecule has 2 fully saturated rings. The molecule has 0 N–H and O–H groups in total. The summed E-state index contributed by atoms with van der Waals surface area (Å²) in [5.41, 5.74) is 2.06. The van der Waals surface area contributed by atoms with Crippen LogP contribution in [0.1, 0.15) is 12.1 Å². The molecule has 2 bridgehead atoms. The van der Waals surface area contributed by atoms with E-state index in [1.807, 2.05) is 12.3 Å². The van der Waals surface area contributed by atoms with Crippen molar-refractivity contribution in [2.24, 2.45) is 0 Å². The van der Waals surface area contributed by atoms with Crippen LogP contribution in [-0.4, -0.2) is 45.2 Å². The zero-order chi connectivity index (χ0) is 14.5. The lowest BCUT2D eigenvalue weighted by Gasteiger charge is -2.33. The highest BCUT2D eigenvalue weighted by Crippen LogP contribution is 2.34. The van der Waals surface area contributed by atoms with Crippen LogP contribution in [0.4, 0.5) is 5.95 Å². The third kappa shape index (κ3) is 1.93. The third-order valence-corrected chi connectivity index (χ3v) is 5.50. The first kappa shape index (κ1) is 12.5. The standard InChI is InChI=1S/C15H15N5OS/c1-3-21-18-10(1)7-19-8-12-5-11(19)9-20(12)15-16-6-14-13(17-15)2-4-22-14/h1-4,6,11-12H,5,7-9H2/t11-,12-/m0/s1. The summed E-state index contributed by atoms with van der Waals surface area (Å²) in [6.45, 7) is 2.91. The van der Waals surface area contributed by atoms with Crippen molar-refractivity contribution in [1.82, 2.24) is 20.0 Å². The summed E-state index contributed by atoms with van der Waals surface area (Å²) < 4.78 is 6.08. The van der Waals surface area contributed by atoms with Crippen LogP contribution in [0.25, 0.3) is 10.2 Å². The molecule has 3 aromatic heterocycles. The van der Waals surface area contributed by atoms with E-state index in [1.165, 1.54) is 6.42 Å². The minimum absolute atomic E-state index is 0.507. The molecule has 0 radical (unpaired) electrons. The van der Waals surface area contributed by atoms with E-state index < -0.39 is 0 Å². The van der Waals surface area contributed by atoms with Crippen molar-refractivity contribution >= 4 is 27.5 Å². The van der Waals surface area contributed by atoms with Gasteiger partial charge >= 0.3 is 0 Å². The molecule has 0 saturated carbocycles. The largest absolute Gasteiger partial charge is 0.364 e. The predicted molar refractivity (Wildman–Crippen MR) is 83.9 cm³/mol. The monoisotopic (exact) mass is 313 g/mol. The van der Waals surface area contributed by atoms with Crippen LogP contribution in [0, 0.1) is 0 Å². The minimum Gasteiger partial charge on any atom is -0.364 e. The van der Waals surface area contributed by atoms with Gasteiger partial charge in [0.15, 0.2) is 0 Å². The molecular formula is C15H15N5OS. The summed E-state index contributed by atoms with van der Waals surface area (Å²) in [4.78, 5) is 14.1. The van der Waals surface area contributed by atoms with Gasteiger partial charge in [0.2, 0.25) is 5.95 Å². The Kier molecular flexibility index (Phi) is 2.71. The summed E-state index contributed by atoms with van der Waals surface area (Å²) in [7, 11) is 0. The van der Waals surface area contributed by atoms with Crippen molar-refractivity contribution in [3.63, 3.8) is 0 Å². The maximum absolute atomic E-state index is 4.92. The van der Waals surface area contributed by atoms with Crippen molar-refractivity contribution in [3.8, 4) is 0 Å². The van der Waals surface area contributed by atoms with Crippen LogP contribution in [-0.2, 0) is 6.54 Å². The number of aromatic nitrogens is 3. The van der Waals surface area contributed by atoms with Crippen molar-refractivity contribution in [2.75, 3.05) is 18.0 Å². The van der Waals surface area contributed by atoms with Gasteiger partial charge < -0.3 is 9.42 Å². The van der Waals surface area contributed by atoms with Crippen LogP contribution >= 0.6 is 11.3 Å². The predicted octanol–water partition coefficient (Wildman–Crippen LogP) is 2.14. The summed E-state index contributed by atoms with van der Waals surface area (Å²) >= 11 is 1.69. The van der Waals surface area contributed by atoms with Gasteiger partial charge in [-0.25, -0.2) is 9.97 Å². The van der Waals surface area contributed by atoms with E-state index in [-0.39, 0.29) is 0 Å². The molecule has 5 rings (SSSR count). The maximum Gasteiger partial charge on any atom is 0.226 e. The Morgan fingerprint density at radius 2 is 2.27 bits per heavy atom. The molecule has 0 spiro atoms. The van der Waals surface area contributed by atoms with Crippen molar-refractivity contribution in [1.29, 1.82) is 0 Å². The molecule has 2 atom stereocenters. The van der Waals surface area contributed by atoms with E-state index in [4.69, 9.17) is 9.51 Å². The first-order chi connectivity index (χ1) is 10.9. The number of anilines is 1. The Balaban J connectivity index is 1.35. The fourth-order valence-electron chi connectivity index (χ4n) is 3.61. The molecule has 7 heteroatoms. The smallest absolute Gasteiger partial charge is 0.226 e. The lowest BCUT2D eigenvalue weighted by molar-refractivity contribution is 0.223. The summed E-state index contributed by atoms with van der Waals surface area (Å²) in [6, 6.07) is 5.07. The molecule has 2 aliphatic heterocycles. The van der Waals surface area contributed by atoms with Gasteiger partial charge in [0.25, 0.3) is 0 Å². The quantitative estimate of drug-likeness (QED) is 0.738. The Morgan fingerprint density at radius 3 is 3.09 bits per heavy atom. The van der Waals surface area contributed by atoms with Gasteiger partial charge in [-0.3, -0.25) is 4.90 Å². The van der Waals surface area contributed by atoms with E-state index in [0.717, 1.165) is 41.5 Å². The highest BCUT2D eigenvalue weighted by molar-refractivity contribution is 7.17. The molecule has 2 aliphatic rings. The second kappa shape index (κ2) is 4.76. The topological polar surface area (TPSA) is 58.3 Å². The van der Waals surface area contributed by atoms with Crippen LogP contribution in [0.15, 0.2) is 34.5 Å². The fraction of sp³-hybridized carbons (Fsp3) is 0.400. The van der Waals surface area contributed by atoms with Crippen LogP contribution in [0.3, 0.4) is 0 Å². The molecule has 6 nitrogen and oxygen atoms in total. The van der Waals surface area contributed by atoms with Crippen molar-refractivity contribution < 1.29 is 4.52 Å². The number of fused-ring (bicyclic) bond motifs is 3. The summed E-state index contributed by atoms with van der Waals surface area (Å²) in [6.07, 6.45) is 4.77. The zero-order valence-electron chi connectivity index (χ0n) is 11.9. The Labute approximate surface area is 131 Å². The number of hydrogen-bond donors (Lipinski definition) is 0. The Bertz CT molecular complexity index is 801. The summed E-state index contributed by atoms with van der Waals surface area (Å²) in [5.74, 6) is 0.875. The van der Waals surface area contributed by atoms with Gasteiger partial charge in [-0.1, -0.05) is 5.16 Å². The van der Waals surface area contributed by atoms with Gasteiger partial charge in [0, 0.05) is 37.8 Å². The van der Waals surface area contributed by atoms with Crippen molar-refractivity contribution in [3.05, 3.63) is 35.7 Å². The molecule has 0 aliphatic carbocycles. The van der Waals surface area contributed by atoms with Crippen molar-refractivity contribution in [2.45, 2.75) is 25.0 Å². The number of hydrogen-bond acceptors (Lipinski definition) is 7. The second-order valence-electron chi connectivity index (χ2n) is 5.96. The van der Waals surface area contributed by atoms with Crippen LogP contribution < -0.4 is 4.90 Å². The average Bonchev–Trinajstić information content (AvgIpc) is 3.30. The fourth-order valence-corrected chi connectivity index (χ4v) is 4.30. The van der Waals surface area contributed by atoms with E-state index in [9.17, 15) is 0 Å². The number of rotatable bonds is 3. The second-order valence-corrected chi connectivity index (χ2v) is 6.90. The third-order valence-electron chi connectivity index (χ3n) is 4.66. The summed E-state index contributed by atoms with van der Waals surface area (Å²) in [5, 5.41) is 6.08. The molecule has 0 unspecified atom stereocenters. The molecule has 3 aromatic rings. The van der Waals surface area contributed by atoms with Crippen LogP contribution in [0.2, 0.25) is 0 Å². The molecule has 5 heterocycles. The first-order valence-electron chi connectivity index (χ1n) is 7.47. The van der Waals surface area contributed by atoms with E-state index in [1.54, 1.807) is 17.6 Å². The van der Waals surface area contributed by atoms with Gasteiger partial charge in [0.1, 0.15) is 6.26 Å². The van der Waals surface area contributed by atoms with E-state index in [0.29, 0.717) is 12.1 Å². The zero-order valence-corrected chi connectivity index (χ0v) is 12.7. The number of piperazine rings is 1. The minimum atomic E-state index is 0.507. The van der Waals surface area contributed by atoms with E-state index >= 15 is 0 Å². The first-order valence-corrected chi connectivity index (χ1v) is 8.35. The lowest BCUT2D eigenvalue weighted by atomic mass is 10.2. The SMILES string of the molecule is c1cc(CN2C[C@@H]3C[C@H]2CN3c2ncc3sccc3n2)no1. The number of likely N-dealkylation sites (tertiary alicyclic amines) is 1. The van der Waals surface area contributed by atoms with Gasteiger partial charge in [0.05, 0.1) is 22.1 Å². The Hall–Kier alpha value is -1.99. The molecule has 22 heavy (non-hydrogen) atoms.